The zero-order valence-electron chi connectivity index (χ0n) is 26.1. The van der Waals surface area contributed by atoms with Crippen LogP contribution in [-0.4, -0.2) is 13.2 Å². The topological polar surface area (TPSA) is 25.1 Å². The summed E-state index contributed by atoms with van der Waals surface area (Å²) in [6.07, 6.45) is 8.48. The molecule has 4 aliphatic rings. The fourth-order valence-corrected chi connectivity index (χ4v) is 11.1. The quantitative estimate of drug-likeness (QED) is 0.169. The number of methoxy groups -OCH3 is 1. The second-order valence-electron chi connectivity index (χ2n) is 14.2. The van der Waals surface area contributed by atoms with Crippen molar-refractivity contribution in [2.45, 2.75) is 95.9 Å². The van der Waals surface area contributed by atoms with E-state index in [9.17, 15) is 0 Å². The van der Waals surface area contributed by atoms with Crippen LogP contribution < -0.4 is 9.88 Å². The molecule has 0 spiro atoms. The molecule has 1 saturated carbocycles. The van der Waals surface area contributed by atoms with Gasteiger partial charge in [0.25, 0.3) is 0 Å². The lowest BCUT2D eigenvalue weighted by Gasteiger charge is -2.44. The molecule has 3 aromatic carbocycles. The number of aromatic nitrogens is 1. The SMILES string of the molecule is COC1(NC2CCCCC2)C2CCc3cc(C)c4c(C)cc([n+]1c4c3)-c1c2ccc2c1-c1sc3ccccc3c1C2(C)C. The summed E-state index contributed by atoms with van der Waals surface area (Å²) >= 11 is 1.99. The molecule has 0 radical (unpaired) electrons. The predicted octanol–water partition coefficient (Wildman–Crippen LogP) is 9.15. The van der Waals surface area contributed by atoms with Crippen LogP contribution in [-0.2, 0) is 22.4 Å². The fraction of sp³-hybridized carbons (Fsp3) is 0.410. The average molecular weight is 586 g/mol. The van der Waals surface area contributed by atoms with Gasteiger partial charge in [-0.2, -0.15) is 0 Å². The maximum absolute atomic E-state index is 6.92. The largest absolute Gasteiger partial charge is 0.342 e. The normalized spacial score (nSPS) is 23.4. The smallest absolute Gasteiger partial charge is 0.308 e. The molecule has 218 valence electrons. The Labute approximate surface area is 258 Å². The minimum atomic E-state index is -0.632. The van der Waals surface area contributed by atoms with Gasteiger partial charge < -0.3 is 4.74 Å². The zero-order valence-corrected chi connectivity index (χ0v) is 26.9. The van der Waals surface area contributed by atoms with Gasteiger partial charge in [0.05, 0.1) is 16.9 Å². The van der Waals surface area contributed by atoms with Crippen LogP contribution in [0.4, 0.5) is 0 Å². The minimum Gasteiger partial charge on any atom is -0.308 e. The number of fused-ring (bicyclic) bond motifs is 11. The van der Waals surface area contributed by atoms with Crippen molar-refractivity contribution < 1.29 is 9.30 Å². The van der Waals surface area contributed by atoms with Crippen LogP contribution in [0, 0.1) is 13.8 Å². The van der Waals surface area contributed by atoms with Gasteiger partial charge in [-0.15, -0.1) is 15.9 Å². The lowest BCUT2D eigenvalue weighted by atomic mass is 9.74. The third-order valence-electron chi connectivity index (χ3n) is 11.4. The fourth-order valence-electron chi connectivity index (χ4n) is 9.63. The highest BCUT2D eigenvalue weighted by molar-refractivity contribution is 7.22. The number of hydrogen-bond donors (Lipinski definition) is 1. The van der Waals surface area contributed by atoms with Crippen molar-refractivity contribution in [1.82, 2.24) is 5.32 Å². The Balaban J connectivity index is 1.43. The van der Waals surface area contributed by atoms with E-state index in [2.05, 4.69) is 92.2 Å². The van der Waals surface area contributed by atoms with Crippen LogP contribution in [0.25, 0.3) is 42.7 Å². The Morgan fingerprint density at radius 1 is 0.907 bits per heavy atom. The molecule has 4 heteroatoms. The van der Waals surface area contributed by atoms with Gasteiger partial charge >= 0.3 is 5.85 Å². The molecule has 2 aromatic heterocycles. The molecule has 43 heavy (non-hydrogen) atoms. The number of nitrogens with one attached hydrogen (secondary N) is 1. The van der Waals surface area contributed by atoms with E-state index in [-0.39, 0.29) is 11.3 Å². The van der Waals surface area contributed by atoms with Gasteiger partial charge in [0, 0.05) is 45.8 Å². The van der Waals surface area contributed by atoms with Crippen LogP contribution in [0.5, 0.6) is 0 Å². The molecule has 2 aliphatic carbocycles. The highest BCUT2D eigenvalue weighted by Crippen LogP contribution is 2.60. The number of ether oxygens (including phenoxy) is 1. The monoisotopic (exact) mass is 585 g/mol. The van der Waals surface area contributed by atoms with Gasteiger partial charge in [-0.05, 0) is 84.4 Å². The molecule has 2 atom stereocenters. The highest BCUT2D eigenvalue weighted by Gasteiger charge is 2.58. The standard InChI is InChI=1S/C39H41N2OS/c1-22-19-24-15-17-28-26-16-18-29-35(37-36(38(29,3)4)27-13-9-10-14-32(27)43-37)34(26)30-20-23(2)33(22)31(21-24)41(30)39(28,42-5)40-25-11-7-6-8-12-25/h9-10,13-14,16,18-21,25,28,40H,6-8,11-12,15,17H2,1-5H3/q+1. The van der Waals surface area contributed by atoms with Crippen LogP contribution in [0.1, 0.15) is 91.7 Å². The molecule has 0 amide bonds. The Morgan fingerprint density at radius 2 is 1.70 bits per heavy atom. The van der Waals surface area contributed by atoms with E-state index in [0.717, 1.165) is 12.8 Å². The summed E-state index contributed by atoms with van der Waals surface area (Å²) < 4.78 is 10.9. The third-order valence-corrected chi connectivity index (χ3v) is 12.6. The Morgan fingerprint density at radius 3 is 2.51 bits per heavy atom. The van der Waals surface area contributed by atoms with Crippen molar-refractivity contribution in [1.29, 1.82) is 0 Å². The molecule has 4 bridgehead atoms. The first kappa shape index (κ1) is 26.4. The Bertz CT molecular complexity index is 1990. The van der Waals surface area contributed by atoms with Crippen LogP contribution in [0.15, 0.2) is 54.6 Å². The van der Waals surface area contributed by atoms with Crippen molar-refractivity contribution >= 4 is 32.3 Å². The number of pyridine rings is 1. The molecule has 2 aliphatic heterocycles. The van der Waals surface area contributed by atoms with E-state index in [0.29, 0.717) is 6.04 Å². The molecule has 1 fully saturated rings. The molecule has 2 unspecified atom stereocenters. The average Bonchev–Trinajstić information content (AvgIpc) is 3.49. The van der Waals surface area contributed by atoms with Gasteiger partial charge in [-0.1, -0.05) is 69.5 Å². The second-order valence-corrected chi connectivity index (χ2v) is 15.3. The van der Waals surface area contributed by atoms with E-state index < -0.39 is 5.85 Å². The van der Waals surface area contributed by atoms with Crippen LogP contribution in [0.3, 0.4) is 0 Å². The van der Waals surface area contributed by atoms with E-state index >= 15 is 0 Å². The van der Waals surface area contributed by atoms with Gasteiger partial charge in [0.1, 0.15) is 0 Å². The van der Waals surface area contributed by atoms with E-state index in [4.69, 9.17) is 4.74 Å². The summed E-state index contributed by atoms with van der Waals surface area (Å²) in [5.41, 5.74) is 14.1. The summed E-state index contributed by atoms with van der Waals surface area (Å²) in [6.45, 7) is 9.49. The van der Waals surface area contributed by atoms with Crippen molar-refractivity contribution in [3.05, 3.63) is 88.0 Å². The van der Waals surface area contributed by atoms with Crippen molar-refractivity contribution in [3.8, 4) is 21.7 Å². The number of nitrogens with zero attached hydrogens (tertiary/aromatic N) is 1. The summed E-state index contributed by atoms with van der Waals surface area (Å²) in [5, 5.41) is 7.04. The molecule has 9 rings (SSSR count). The van der Waals surface area contributed by atoms with Crippen LogP contribution >= 0.6 is 11.3 Å². The maximum Gasteiger partial charge on any atom is 0.342 e. The number of aryl methyl sites for hydroxylation is 3. The highest BCUT2D eigenvalue weighted by atomic mass is 32.1. The molecular weight excluding hydrogens is 545 g/mol. The first-order valence-corrected chi connectivity index (χ1v) is 17.2. The summed E-state index contributed by atoms with van der Waals surface area (Å²) in [7, 11) is 1.95. The summed E-state index contributed by atoms with van der Waals surface area (Å²) in [6, 6.07) is 21.8. The molecule has 4 heterocycles. The lowest BCUT2D eigenvalue weighted by Crippen LogP contribution is -2.73. The molecule has 3 nitrogen and oxygen atoms in total. The number of benzene rings is 3. The summed E-state index contributed by atoms with van der Waals surface area (Å²) in [4.78, 5) is 1.47. The number of rotatable bonds is 3. The van der Waals surface area contributed by atoms with Gasteiger partial charge in [0.2, 0.25) is 11.2 Å². The van der Waals surface area contributed by atoms with E-state index in [1.165, 1.54) is 108 Å². The number of hydrogen-bond acceptors (Lipinski definition) is 3. The predicted molar refractivity (Wildman–Crippen MR) is 178 cm³/mol. The molecule has 0 saturated heterocycles. The second kappa shape index (κ2) is 9.00. The zero-order chi connectivity index (χ0) is 29.2. The van der Waals surface area contributed by atoms with Gasteiger partial charge in [0.15, 0.2) is 0 Å². The first-order chi connectivity index (χ1) is 20.8. The van der Waals surface area contributed by atoms with Crippen molar-refractivity contribution in [2.75, 3.05) is 7.11 Å². The summed E-state index contributed by atoms with van der Waals surface area (Å²) in [5.74, 6) is -0.434. The molecule has 5 aromatic rings. The van der Waals surface area contributed by atoms with Crippen LogP contribution in [0.2, 0.25) is 0 Å². The van der Waals surface area contributed by atoms with Crippen molar-refractivity contribution in [2.24, 2.45) is 0 Å². The molecule has 1 N–H and O–H groups in total. The van der Waals surface area contributed by atoms with Crippen molar-refractivity contribution in [3.63, 3.8) is 0 Å². The van der Waals surface area contributed by atoms with Gasteiger partial charge in [-0.3, -0.25) is 0 Å². The first-order valence-electron chi connectivity index (χ1n) is 16.4. The maximum atomic E-state index is 6.92. The minimum absolute atomic E-state index is 0.0531. The Kier molecular flexibility index (Phi) is 5.52. The lowest BCUT2D eigenvalue weighted by molar-refractivity contribution is -0.794. The van der Waals surface area contributed by atoms with E-state index in [1.807, 2.05) is 18.4 Å². The molecular formula is C39H41N2OS+. The van der Waals surface area contributed by atoms with E-state index in [1.54, 1.807) is 0 Å². The van der Waals surface area contributed by atoms with Gasteiger partial charge in [-0.25, -0.2) is 5.32 Å². The number of thiophene rings is 1. The third kappa shape index (κ3) is 3.35. The Hall–Kier alpha value is -3.05.